The van der Waals surface area contributed by atoms with Crippen LogP contribution >= 0.6 is 0 Å². The van der Waals surface area contributed by atoms with Crippen molar-refractivity contribution in [2.45, 2.75) is 62.4 Å². The highest BCUT2D eigenvalue weighted by Gasteiger charge is 2.29. The summed E-state index contributed by atoms with van der Waals surface area (Å²) in [5.74, 6) is 0.106. The largest absolute Gasteiger partial charge is 0.327 e. The van der Waals surface area contributed by atoms with Crippen LogP contribution in [0.4, 0.5) is 5.69 Å². The molecule has 2 aliphatic rings. The van der Waals surface area contributed by atoms with E-state index in [-0.39, 0.29) is 28.8 Å². The number of anilines is 1. The molecule has 1 aromatic carbocycles. The van der Waals surface area contributed by atoms with E-state index in [2.05, 4.69) is 10.0 Å². The predicted octanol–water partition coefficient (Wildman–Crippen LogP) is 1.89. The van der Waals surface area contributed by atoms with Gasteiger partial charge in [-0.1, -0.05) is 12.5 Å². The van der Waals surface area contributed by atoms with Crippen LogP contribution in [0.15, 0.2) is 23.1 Å². The third-order valence-corrected chi connectivity index (χ3v) is 6.49. The van der Waals surface area contributed by atoms with Crippen molar-refractivity contribution < 1.29 is 13.2 Å². The Balaban J connectivity index is 1.69. The first-order valence-electron chi connectivity index (χ1n) is 8.53. The lowest BCUT2D eigenvalue weighted by Crippen LogP contribution is -2.28. The Morgan fingerprint density at radius 3 is 2.62 bits per heavy atom. The molecule has 2 saturated carbocycles. The molecule has 2 atom stereocenters. The Kier molecular flexibility index (Phi) is 4.94. The maximum atomic E-state index is 12.4. The molecule has 0 spiro atoms. The van der Waals surface area contributed by atoms with Crippen LogP contribution in [-0.4, -0.2) is 26.4 Å². The summed E-state index contributed by atoms with van der Waals surface area (Å²) in [7, 11) is -3.54. The summed E-state index contributed by atoms with van der Waals surface area (Å²) >= 11 is 0. The summed E-state index contributed by atoms with van der Waals surface area (Å²) in [4.78, 5) is 12.4. The van der Waals surface area contributed by atoms with Gasteiger partial charge in [0.1, 0.15) is 0 Å². The number of sulfonamides is 1. The minimum atomic E-state index is -3.54. The van der Waals surface area contributed by atoms with Gasteiger partial charge in [0.2, 0.25) is 15.9 Å². The number of carbonyl (C=O) groups is 1. The maximum absolute atomic E-state index is 12.4. The molecule has 0 aromatic heterocycles. The SMILES string of the molecule is Cc1ccc(NC(=O)C[C@@H]2CCC[C@H]2N)cc1S(=O)(=O)NC1CC1. The third kappa shape index (κ3) is 4.15. The number of benzene rings is 1. The van der Waals surface area contributed by atoms with Gasteiger partial charge in [0, 0.05) is 24.2 Å². The molecule has 0 unspecified atom stereocenters. The van der Waals surface area contributed by atoms with Crippen molar-refractivity contribution in [3.63, 3.8) is 0 Å². The van der Waals surface area contributed by atoms with Crippen LogP contribution in [0.1, 0.15) is 44.1 Å². The summed E-state index contributed by atoms with van der Waals surface area (Å²) in [5.41, 5.74) is 7.18. The lowest BCUT2D eigenvalue weighted by atomic mass is 10.00. The van der Waals surface area contributed by atoms with Gasteiger partial charge in [0.15, 0.2) is 0 Å². The molecule has 2 fully saturated rings. The van der Waals surface area contributed by atoms with Gasteiger partial charge >= 0.3 is 0 Å². The van der Waals surface area contributed by atoms with Crippen LogP contribution in [0, 0.1) is 12.8 Å². The lowest BCUT2D eigenvalue weighted by Gasteiger charge is -2.15. The molecule has 0 heterocycles. The summed E-state index contributed by atoms with van der Waals surface area (Å²) in [6.07, 6.45) is 5.17. The van der Waals surface area contributed by atoms with Gasteiger partial charge in [-0.05, 0) is 56.2 Å². The molecule has 7 heteroatoms. The van der Waals surface area contributed by atoms with Crippen LogP contribution < -0.4 is 15.8 Å². The van der Waals surface area contributed by atoms with E-state index in [4.69, 9.17) is 5.73 Å². The predicted molar refractivity (Wildman–Crippen MR) is 93.1 cm³/mol. The van der Waals surface area contributed by atoms with E-state index in [1.807, 2.05) is 0 Å². The van der Waals surface area contributed by atoms with Crippen molar-refractivity contribution in [3.05, 3.63) is 23.8 Å². The number of hydrogen-bond donors (Lipinski definition) is 3. The molecule has 0 radical (unpaired) electrons. The highest BCUT2D eigenvalue weighted by molar-refractivity contribution is 7.89. The summed E-state index contributed by atoms with van der Waals surface area (Å²) < 4.78 is 27.5. The standard InChI is InChI=1S/C17H25N3O3S/c1-11-5-6-14(10-16(11)24(22,23)20-13-7-8-13)19-17(21)9-12-3-2-4-15(12)18/h5-6,10,12-13,15,20H,2-4,7-9,18H2,1H3,(H,19,21)/t12-,15+/m0/s1. The fourth-order valence-electron chi connectivity index (χ4n) is 3.22. The van der Waals surface area contributed by atoms with Crippen LogP contribution in [0.25, 0.3) is 0 Å². The molecular weight excluding hydrogens is 326 g/mol. The first-order chi connectivity index (χ1) is 11.3. The van der Waals surface area contributed by atoms with E-state index in [0.717, 1.165) is 32.1 Å². The zero-order chi connectivity index (χ0) is 17.3. The Morgan fingerprint density at radius 1 is 1.25 bits per heavy atom. The first kappa shape index (κ1) is 17.4. The maximum Gasteiger partial charge on any atom is 0.241 e. The molecule has 0 aliphatic heterocycles. The average Bonchev–Trinajstić information content (AvgIpc) is 3.22. The van der Waals surface area contributed by atoms with Crippen LogP contribution in [0.2, 0.25) is 0 Å². The average molecular weight is 351 g/mol. The summed E-state index contributed by atoms with van der Waals surface area (Å²) in [6, 6.07) is 5.13. The molecule has 24 heavy (non-hydrogen) atoms. The van der Waals surface area contributed by atoms with Crippen LogP contribution in [0.5, 0.6) is 0 Å². The fourth-order valence-corrected chi connectivity index (χ4v) is 4.80. The summed E-state index contributed by atoms with van der Waals surface area (Å²) in [6.45, 7) is 1.75. The van der Waals surface area contributed by atoms with Crippen molar-refractivity contribution >= 4 is 21.6 Å². The fraction of sp³-hybridized carbons (Fsp3) is 0.588. The van der Waals surface area contributed by atoms with Gasteiger partial charge in [0.25, 0.3) is 0 Å². The molecular formula is C17H25N3O3S. The number of aryl methyl sites for hydroxylation is 1. The molecule has 1 amide bonds. The molecule has 6 nitrogen and oxygen atoms in total. The van der Waals surface area contributed by atoms with E-state index >= 15 is 0 Å². The van der Waals surface area contributed by atoms with Gasteiger partial charge in [-0.25, -0.2) is 13.1 Å². The van der Waals surface area contributed by atoms with E-state index < -0.39 is 10.0 Å². The third-order valence-electron chi connectivity index (χ3n) is 4.83. The second-order valence-electron chi connectivity index (χ2n) is 6.98. The van der Waals surface area contributed by atoms with E-state index in [0.29, 0.717) is 17.7 Å². The Morgan fingerprint density at radius 2 is 2.00 bits per heavy atom. The quantitative estimate of drug-likeness (QED) is 0.728. The van der Waals surface area contributed by atoms with Crippen molar-refractivity contribution in [1.82, 2.24) is 4.72 Å². The van der Waals surface area contributed by atoms with Crippen molar-refractivity contribution in [2.24, 2.45) is 11.7 Å². The summed E-state index contributed by atoms with van der Waals surface area (Å²) in [5, 5.41) is 2.81. The second kappa shape index (κ2) is 6.82. The minimum Gasteiger partial charge on any atom is -0.327 e. The van der Waals surface area contributed by atoms with E-state index in [9.17, 15) is 13.2 Å². The number of rotatable bonds is 6. The van der Waals surface area contributed by atoms with Gasteiger partial charge in [0.05, 0.1) is 4.90 Å². The smallest absolute Gasteiger partial charge is 0.241 e. The molecule has 0 saturated heterocycles. The molecule has 2 aliphatic carbocycles. The normalized spacial score (nSPS) is 24.1. The van der Waals surface area contributed by atoms with Gasteiger partial charge < -0.3 is 11.1 Å². The number of amides is 1. The lowest BCUT2D eigenvalue weighted by molar-refractivity contribution is -0.117. The first-order valence-corrected chi connectivity index (χ1v) is 10.0. The highest BCUT2D eigenvalue weighted by atomic mass is 32.2. The van der Waals surface area contributed by atoms with Gasteiger partial charge in [-0.2, -0.15) is 0 Å². The molecule has 132 valence electrons. The monoisotopic (exact) mass is 351 g/mol. The van der Waals surface area contributed by atoms with Gasteiger partial charge in [-0.3, -0.25) is 4.79 Å². The minimum absolute atomic E-state index is 0.0523. The zero-order valence-electron chi connectivity index (χ0n) is 13.9. The number of nitrogens with two attached hydrogens (primary N) is 1. The Bertz CT molecular complexity index is 729. The molecule has 4 N–H and O–H groups in total. The van der Waals surface area contributed by atoms with E-state index in [1.165, 1.54) is 6.07 Å². The van der Waals surface area contributed by atoms with E-state index in [1.54, 1.807) is 19.1 Å². The van der Waals surface area contributed by atoms with Crippen LogP contribution in [0.3, 0.4) is 0 Å². The number of nitrogens with one attached hydrogen (secondary N) is 2. The molecule has 3 rings (SSSR count). The van der Waals surface area contributed by atoms with Gasteiger partial charge in [-0.15, -0.1) is 0 Å². The molecule has 0 bridgehead atoms. The second-order valence-corrected chi connectivity index (χ2v) is 8.67. The Hall–Kier alpha value is -1.44. The number of hydrogen-bond acceptors (Lipinski definition) is 4. The number of carbonyl (C=O) groups excluding carboxylic acids is 1. The highest BCUT2D eigenvalue weighted by Crippen LogP contribution is 2.28. The van der Waals surface area contributed by atoms with Crippen LogP contribution in [-0.2, 0) is 14.8 Å². The zero-order valence-corrected chi connectivity index (χ0v) is 14.7. The topological polar surface area (TPSA) is 101 Å². The molecule has 1 aromatic rings. The van der Waals surface area contributed by atoms with Crippen molar-refractivity contribution in [1.29, 1.82) is 0 Å². The Labute approximate surface area is 143 Å². The van der Waals surface area contributed by atoms with Crippen molar-refractivity contribution in [3.8, 4) is 0 Å². The van der Waals surface area contributed by atoms with Crippen molar-refractivity contribution in [2.75, 3.05) is 5.32 Å².